The second kappa shape index (κ2) is 10.4. The fraction of sp³-hybridized carbons (Fsp3) is 0.258. The van der Waals surface area contributed by atoms with E-state index < -0.39 is 0 Å². The van der Waals surface area contributed by atoms with E-state index in [9.17, 15) is 4.39 Å². The Morgan fingerprint density at radius 1 is 0.949 bits per heavy atom. The summed E-state index contributed by atoms with van der Waals surface area (Å²) in [7, 11) is 0. The molecule has 4 aromatic heterocycles. The van der Waals surface area contributed by atoms with Gasteiger partial charge in [-0.3, -0.25) is 15.0 Å². The number of fused-ring (bicyclic) bond motifs is 2. The van der Waals surface area contributed by atoms with Crippen molar-refractivity contribution in [1.29, 1.82) is 0 Å². The maximum absolute atomic E-state index is 13.8. The zero-order valence-corrected chi connectivity index (χ0v) is 22.2. The molecule has 8 heteroatoms. The molecule has 0 bridgehead atoms. The molecule has 6 heterocycles. The quantitative estimate of drug-likeness (QED) is 0.272. The topological polar surface area (TPSA) is 75.2 Å². The summed E-state index contributed by atoms with van der Waals surface area (Å²) in [6.45, 7) is 2.70. The summed E-state index contributed by atoms with van der Waals surface area (Å²) in [4.78, 5) is 18.9. The Bertz CT molecular complexity index is 1680. The maximum Gasteiger partial charge on any atom is 0.176 e. The Morgan fingerprint density at radius 3 is 2.72 bits per heavy atom. The molecule has 0 saturated carbocycles. The summed E-state index contributed by atoms with van der Waals surface area (Å²) in [5.41, 5.74) is 7.90. The highest BCUT2D eigenvalue weighted by Crippen LogP contribution is 2.35. The number of ether oxygens (including phenoxy) is 1. The normalized spacial score (nSPS) is 16.1. The van der Waals surface area contributed by atoms with Crippen LogP contribution in [0.3, 0.4) is 0 Å². The molecule has 0 atom stereocenters. The summed E-state index contributed by atoms with van der Waals surface area (Å²) in [5.74, 6) is 0.788. The lowest BCUT2D eigenvalue weighted by molar-refractivity contribution is 0.162. The van der Waals surface area contributed by atoms with Gasteiger partial charge in [0.05, 0.1) is 17.6 Å². The van der Waals surface area contributed by atoms with Gasteiger partial charge in [-0.25, -0.2) is 0 Å². The first kappa shape index (κ1) is 24.2. The van der Waals surface area contributed by atoms with Crippen molar-refractivity contribution in [2.45, 2.75) is 31.8 Å². The highest BCUT2D eigenvalue weighted by Gasteiger charge is 2.21. The number of aryl methyl sites for hydroxylation is 1. The van der Waals surface area contributed by atoms with Crippen LogP contribution in [0.1, 0.15) is 36.2 Å². The minimum Gasteiger partial charge on any atom is -0.489 e. The van der Waals surface area contributed by atoms with Crippen LogP contribution >= 0.6 is 11.3 Å². The van der Waals surface area contributed by atoms with E-state index in [0.29, 0.717) is 0 Å². The number of hydrogen-bond donors (Lipinski definition) is 2. The molecule has 0 spiro atoms. The zero-order valence-electron chi connectivity index (χ0n) is 21.4. The third-order valence-electron chi connectivity index (χ3n) is 7.46. The molecule has 6 nitrogen and oxygen atoms in total. The third-order valence-corrected chi connectivity index (χ3v) is 8.37. The third kappa shape index (κ3) is 4.86. The zero-order chi connectivity index (χ0) is 26.2. The molecular formula is C31H28FN5OS. The van der Waals surface area contributed by atoms with Crippen LogP contribution in [0, 0.1) is 5.13 Å². The smallest absolute Gasteiger partial charge is 0.176 e. The first-order chi connectivity index (χ1) is 19.2. The summed E-state index contributed by atoms with van der Waals surface area (Å²) in [6.07, 6.45) is 9.62. The van der Waals surface area contributed by atoms with Crippen LogP contribution in [0.4, 0.5) is 4.39 Å². The lowest BCUT2D eigenvalue weighted by Crippen LogP contribution is -2.34. The highest BCUT2D eigenvalue weighted by atomic mass is 32.1. The molecule has 39 heavy (non-hydrogen) atoms. The number of nitrogens with one attached hydrogen (secondary N) is 2. The first-order valence-electron chi connectivity index (χ1n) is 13.5. The molecule has 2 aliphatic heterocycles. The van der Waals surface area contributed by atoms with E-state index >= 15 is 0 Å². The number of rotatable bonds is 5. The molecule has 1 fully saturated rings. The van der Waals surface area contributed by atoms with Crippen molar-refractivity contribution in [3.8, 4) is 27.3 Å². The van der Waals surface area contributed by atoms with E-state index in [1.165, 1.54) is 6.07 Å². The SMILES string of the molecule is Fc1ccc(-c2cccc3[nH]c(C4=NCCCc5ncc(-c6cncc(OC7CCNCC7)c6)cc54)cc23)s1. The highest BCUT2D eigenvalue weighted by molar-refractivity contribution is 7.14. The van der Waals surface area contributed by atoms with Crippen molar-refractivity contribution in [1.82, 2.24) is 20.3 Å². The number of nitrogens with zero attached hydrogens (tertiary/aromatic N) is 3. The standard InChI is InChI=1S/C31H28FN5OS/c32-30-7-6-29(39-30)23-3-1-4-27-24(23)15-28(37-27)31-25-14-20(17-36-26(25)5-2-10-35-31)19-13-22(18-34-16-19)38-21-8-11-33-12-9-21/h1,3-4,6-7,13-18,21,33,37H,2,5,8-12H2. The van der Waals surface area contributed by atoms with E-state index in [2.05, 4.69) is 39.6 Å². The number of aromatic amines is 1. The van der Waals surface area contributed by atoms with Crippen molar-refractivity contribution in [2.75, 3.05) is 19.6 Å². The Morgan fingerprint density at radius 2 is 1.85 bits per heavy atom. The van der Waals surface area contributed by atoms with E-state index in [4.69, 9.17) is 14.7 Å². The van der Waals surface area contributed by atoms with Crippen LogP contribution in [0.25, 0.3) is 32.5 Å². The Kier molecular flexibility index (Phi) is 6.42. The number of benzene rings is 1. The lowest BCUT2D eigenvalue weighted by Gasteiger charge is -2.23. The van der Waals surface area contributed by atoms with Gasteiger partial charge in [-0.05, 0) is 75.2 Å². The molecule has 7 rings (SSSR count). The van der Waals surface area contributed by atoms with Crippen LogP contribution in [-0.2, 0) is 6.42 Å². The predicted molar refractivity (Wildman–Crippen MR) is 154 cm³/mol. The number of aromatic nitrogens is 3. The lowest BCUT2D eigenvalue weighted by atomic mass is 9.99. The van der Waals surface area contributed by atoms with Crippen LogP contribution in [0.5, 0.6) is 5.75 Å². The number of piperidine rings is 1. The van der Waals surface area contributed by atoms with Gasteiger partial charge in [0, 0.05) is 62.7 Å². The van der Waals surface area contributed by atoms with E-state index in [-0.39, 0.29) is 11.2 Å². The Labute approximate surface area is 230 Å². The van der Waals surface area contributed by atoms with Gasteiger partial charge in [0.15, 0.2) is 5.13 Å². The maximum atomic E-state index is 13.8. The van der Waals surface area contributed by atoms with Gasteiger partial charge in [-0.15, -0.1) is 11.3 Å². The molecule has 2 N–H and O–H groups in total. The van der Waals surface area contributed by atoms with Gasteiger partial charge in [0.1, 0.15) is 11.9 Å². The van der Waals surface area contributed by atoms with Gasteiger partial charge in [-0.1, -0.05) is 12.1 Å². The molecule has 2 aliphatic rings. The number of aliphatic imine (C=N–C) groups is 1. The Balaban J connectivity index is 1.26. The summed E-state index contributed by atoms with van der Waals surface area (Å²) >= 11 is 1.16. The number of pyridine rings is 2. The van der Waals surface area contributed by atoms with E-state index in [1.807, 2.05) is 30.6 Å². The van der Waals surface area contributed by atoms with Gasteiger partial charge in [0.2, 0.25) is 0 Å². The molecule has 1 aromatic carbocycles. The second-order valence-corrected chi connectivity index (χ2v) is 11.1. The molecule has 0 unspecified atom stereocenters. The summed E-state index contributed by atoms with van der Waals surface area (Å²) < 4.78 is 20.1. The van der Waals surface area contributed by atoms with Crippen molar-refractivity contribution in [2.24, 2.45) is 4.99 Å². The first-order valence-corrected chi connectivity index (χ1v) is 14.3. The molecule has 0 amide bonds. The number of halogens is 1. The molecule has 196 valence electrons. The van der Waals surface area contributed by atoms with Crippen LogP contribution < -0.4 is 10.1 Å². The van der Waals surface area contributed by atoms with Gasteiger partial charge < -0.3 is 15.0 Å². The fourth-order valence-corrected chi connectivity index (χ4v) is 6.28. The Hall–Kier alpha value is -3.88. The van der Waals surface area contributed by atoms with Gasteiger partial charge in [-0.2, -0.15) is 4.39 Å². The summed E-state index contributed by atoms with van der Waals surface area (Å²) in [5, 5.41) is 4.25. The van der Waals surface area contributed by atoms with E-state index in [1.54, 1.807) is 6.20 Å². The van der Waals surface area contributed by atoms with Crippen LogP contribution in [0.15, 0.2) is 72.1 Å². The average molecular weight is 538 g/mol. The number of hydrogen-bond acceptors (Lipinski definition) is 6. The molecule has 5 aromatic rings. The monoisotopic (exact) mass is 537 g/mol. The molecule has 0 aliphatic carbocycles. The number of thiophene rings is 1. The summed E-state index contributed by atoms with van der Waals surface area (Å²) in [6, 6.07) is 15.8. The minimum absolute atomic E-state index is 0.182. The molecule has 0 radical (unpaired) electrons. The molecule has 1 saturated heterocycles. The predicted octanol–water partition coefficient (Wildman–Crippen LogP) is 6.41. The fourth-order valence-electron chi connectivity index (χ4n) is 5.51. The number of H-pyrrole nitrogens is 1. The van der Waals surface area contributed by atoms with Gasteiger partial charge in [0.25, 0.3) is 0 Å². The van der Waals surface area contributed by atoms with Crippen molar-refractivity contribution in [3.63, 3.8) is 0 Å². The van der Waals surface area contributed by atoms with Crippen molar-refractivity contribution >= 4 is 28.0 Å². The average Bonchev–Trinajstić information content (AvgIpc) is 3.54. The second-order valence-electron chi connectivity index (χ2n) is 10.1. The van der Waals surface area contributed by atoms with E-state index in [0.717, 1.165) is 118 Å². The van der Waals surface area contributed by atoms with Crippen molar-refractivity contribution < 1.29 is 9.13 Å². The van der Waals surface area contributed by atoms with Gasteiger partial charge >= 0.3 is 0 Å². The van der Waals surface area contributed by atoms with Crippen LogP contribution in [0.2, 0.25) is 0 Å². The molecular weight excluding hydrogens is 509 g/mol. The minimum atomic E-state index is -0.182. The van der Waals surface area contributed by atoms with Crippen molar-refractivity contribution in [3.05, 3.63) is 89.2 Å². The van der Waals surface area contributed by atoms with Crippen LogP contribution in [-0.4, -0.2) is 46.4 Å². The largest absolute Gasteiger partial charge is 0.489 e.